The van der Waals surface area contributed by atoms with E-state index >= 15 is 0 Å². The number of carbonyl (C=O) groups is 1. The van der Waals surface area contributed by atoms with Gasteiger partial charge in [0.1, 0.15) is 0 Å². The van der Waals surface area contributed by atoms with Gasteiger partial charge in [0.15, 0.2) is 13.7 Å². The summed E-state index contributed by atoms with van der Waals surface area (Å²) < 4.78 is 36.7. The summed E-state index contributed by atoms with van der Waals surface area (Å²) in [6, 6.07) is 1.11. The Hall–Kier alpha value is -1.53. The average Bonchev–Trinajstić information content (AvgIpc) is 2.12. The molecular weight excluding hydrogens is 196 g/mol. The molecule has 0 radical (unpaired) electrons. The van der Waals surface area contributed by atoms with Crippen molar-refractivity contribution >= 4 is 25.0 Å². The van der Waals surface area contributed by atoms with Gasteiger partial charge in [-0.05, 0) is 6.07 Å². The summed E-state index contributed by atoms with van der Waals surface area (Å²) >= 11 is 0. The molecule has 0 spiro atoms. The second-order valence-electron chi connectivity index (χ2n) is 2.55. The highest BCUT2D eigenvalue weighted by atomic mass is 19.3. The number of anilines is 1. The van der Waals surface area contributed by atoms with Crippen molar-refractivity contribution < 1.29 is 18.0 Å². The number of nitrogens with zero attached hydrogens (tertiary/aromatic N) is 1. The molecule has 0 saturated heterocycles. The first-order valence-electron chi connectivity index (χ1n) is 3.72. The van der Waals surface area contributed by atoms with Gasteiger partial charge in [-0.2, -0.15) is 8.78 Å². The molecule has 0 aliphatic carbocycles. The van der Waals surface area contributed by atoms with Gasteiger partial charge in [-0.25, -0.2) is 4.39 Å². The smallest absolute Gasteiger partial charge is 0.315 e. The number of hydrogen-bond donors (Lipinski definition) is 1. The van der Waals surface area contributed by atoms with Crippen molar-refractivity contribution in [2.75, 3.05) is 5.32 Å². The van der Waals surface area contributed by atoms with E-state index in [-0.39, 0.29) is 11.3 Å². The molecule has 1 amide bonds. The lowest BCUT2D eigenvalue weighted by Gasteiger charge is -2.06. The van der Waals surface area contributed by atoms with E-state index in [0.717, 1.165) is 6.07 Å². The Morgan fingerprint density at radius 2 is 2.21 bits per heavy atom. The van der Waals surface area contributed by atoms with Gasteiger partial charge in [0.25, 0.3) is 5.91 Å². The normalized spacial score (nSPS) is 10.3. The van der Waals surface area contributed by atoms with Gasteiger partial charge in [-0.1, -0.05) is 0 Å². The van der Waals surface area contributed by atoms with Gasteiger partial charge in [0, 0.05) is 11.8 Å². The van der Waals surface area contributed by atoms with Crippen molar-refractivity contribution in [1.29, 1.82) is 0 Å². The van der Waals surface area contributed by atoms with E-state index < -0.39 is 18.1 Å². The highest BCUT2D eigenvalue weighted by Gasteiger charge is 2.17. The summed E-state index contributed by atoms with van der Waals surface area (Å²) in [5.41, 5.74) is -0.250. The first-order chi connectivity index (χ1) is 6.52. The third-order valence-electron chi connectivity index (χ3n) is 1.52. The molecule has 1 heterocycles. The number of pyridine rings is 1. The maximum atomic E-state index is 13.1. The maximum Gasteiger partial charge on any atom is 0.315 e. The van der Waals surface area contributed by atoms with Crippen LogP contribution in [0, 0.1) is 5.82 Å². The van der Waals surface area contributed by atoms with Crippen LogP contribution in [0.2, 0.25) is 0 Å². The minimum absolute atomic E-state index is 0.0390. The lowest BCUT2D eigenvalue weighted by Crippen LogP contribution is -2.23. The molecule has 0 aliphatic heterocycles. The van der Waals surface area contributed by atoms with Crippen molar-refractivity contribution in [1.82, 2.24) is 4.98 Å². The monoisotopic (exact) mass is 202 g/mol. The first kappa shape index (κ1) is 10.6. The third-order valence-corrected chi connectivity index (χ3v) is 1.52. The zero-order valence-electron chi connectivity index (χ0n) is 7.22. The van der Waals surface area contributed by atoms with Crippen LogP contribution in [-0.4, -0.2) is 25.2 Å². The van der Waals surface area contributed by atoms with Crippen LogP contribution in [0.25, 0.3) is 0 Å². The Bertz CT molecular complexity index is 359. The summed E-state index contributed by atoms with van der Waals surface area (Å²) in [6.45, 7) is 0. The van der Waals surface area contributed by atoms with Crippen molar-refractivity contribution in [3.05, 3.63) is 18.1 Å². The van der Waals surface area contributed by atoms with Crippen LogP contribution < -0.4 is 10.9 Å². The third kappa shape index (κ3) is 2.24. The fraction of sp³-hybridized carbons (Fsp3) is 0.143. The number of carbonyl (C=O) groups excluding carboxylic acids is 1. The lowest BCUT2D eigenvalue weighted by atomic mass is 10.0. The quantitative estimate of drug-likeness (QED) is 0.668. The number of rotatable bonds is 2. The van der Waals surface area contributed by atoms with Crippen molar-refractivity contribution in [3.8, 4) is 0 Å². The summed E-state index contributed by atoms with van der Waals surface area (Å²) in [5.74, 6) is -2.34. The zero-order chi connectivity index (χ0) is 10.7. The standard InChI is InChI=1S/C7H6BF3N2O/c8-5-4(9)3(1-2-12-5)13-7(14)6(10)11/h1-2,6H,8H2,(H,12,13,14). The van der Waals surface area contributed by atoms with Crippen LogP contribution in [-0.2, 0) is 4.79 Å². The maximum absolute atomic E-state index is 13.1. The molecule has 1 aromatic heterocycles. The summed E-state index contributed by atoms with van der Waals surface area (Å²) in [6.07, 6.45) is -1.94. The fourth-order valence-electron chi connectivity index (χ4n) is 0.832. The molecule has 0 bridgehead atoms. The molecule has 0 atom stereocenters. The van der Waals surface area contributed by atoms with Gasteiger partial charge in [0.2, 0.25) is 0 Å². The van der Waals surface area contributed by atoms with E-state index in [0.29, 0.717) is 0 Å². The molecule has 0 fully saturated rings. The van der Waals surface area contributed by atoms with Crippen LogP contribution in [0.15, 0.2) is 12.3 Å². The highest BCUT2D eigenvalue weighted by molar-refractivity contribution is 6.31. The molecule has 0 unspecified atom stereocenters. The molecule has 0 saturated carbocycles. The SMILES string of the molecule is Bc1nccc(NC(=O)C(F)F)c1F. The van der Waals surface area contributed by atoms with Crippen molar-refractivity contribution in [2.24, 2.45) is 0 Å². The van der Waals surface area contributed by atoms with Crippen LogP contribution in [0.1, 0.15) is 0 Å². The minimum Gasteiger partial charge on any atom is -0.319 e. The van der Waals surface area contributed by atoms with E-state index in [1.54, 1.807) is 5.32 Å². The van der Waals surface area contributed by atoms with Crippen LogP contribution in [0.4, 0.5) is 18.9 Å². The Labute approximate surface area is 78.7 Å². The fourth-order valence-corrected chi connectivity index (χ4v) is 0.832. The Morgan fingerprint density at radius 1 is 1.57 bits per heavy atom. The van der Waals surface area contributed by atoms with Gasteiger partial charge in [-0.3, -0.25) is 9.78 Å². The molecule has 0 aromatic carbocycles. The molecule has 74 valence electrons. The lowest BCUT2D eigenvalue weighted by molar-refractivity contribution is -0.126. The Morgan fingerprint density at radius 3 is 2.79 bits per heavy atom. The largest absolute Gasteiger partial charge is 0.319 e. The Kier molecular flexibility index (Phi) is 3.11. The summed E-state index contributed by atoms with van der Waals surface area (Å²) in [5, 5.41) is 1.75. The van der Waals surface area contributed by atoms with Gasteiger partial charge in [-0.15, -0.1) is 0 Å². The highest BCUT2D eigenvalue weighted by Crippen LogP contribution is 2.10. The number of halogens is 3. The molecule has 3 nitrogen and oxygen atoms in total. The average molecular weight is 202 g/mol. The Balaban J connectivity index is 2.87. The predicted octanol–water partition coefficient (Wildman–Crippen LogP) is -0.317. The van der Waals surface area contributed by atoms with E-state index in [4.69, 9.17) is 0 Å². The number of hydrogen-bond acceptors (Lipinski definition) is 2. The van der Waals surface area contributed by atoms with Gasteiger partial charge < -0.3 is 5.32 Å². The minimum atomic E-state index is -3.16. The molecule has 1 N–H and O–H groups in total. The molecule has 7 heteroatoms. The zero-order valence-corrected chi connectivity index (χ0v) is 7.22. The molecular formula is C7H6BF3N2O. The molecule has 1 rings (SSSR count). The molecule has 14 heavy (non-hydrogen) atoms. The van der Waals surface area contributed by atoms with E-state index in [9.17, 15) is 18.0 Å². The molecule has 0 aliphatic rings. The second-order valence-corrected chi connectivity index (χ2v) is 2.55. The number of aromatic nitrogens is 1. The number of alkyl halides is 2. The number of nitrogens with one attached hydrogen (secondary N) is 1. The molecule has 1 aromatic rings. The van der Waals surface area contributed by atoms with Crippen LogP contribution >= 0.6 is 0 Å². The number of amides is 1. The van der Waals surface area contributed by atoms with Gasteiger partial charge in [0.05, 0.1) is 5.69 Å². The summed E-state index contributed by atoms with van der Waals surface area (Å²) in [4.78, 5) is 14.1. The predicted molar refractivity (Wildman–Crippen MR) is 47.0 cm³/mol. The van der Waals surface area contributed by atoms with E-state index in [1.165, 1.54) is 14.0 Å². The van der Waals surface area contributed by atoms with Crippen LogP contribution in [0.5, 0.6) is 0 Å². The van der Waals surface area contributed by atoms with Crippen LogP contribution in [0.3, 0.4) is 0 Å². The second kappa shape index (κ2) is 4.12. The van der Waals surface area contributed by atoms with Gasteiger partial charge >= 0.3 is 6.43 Å². The first-order valence-corrected chi connectivity index (χ1v) is 3.72. The van der Waals surface area contributed by atoms with E-state index in [2.05, 4.69) is 4.98 Å². The van der Waals surface area contributed by atoms with Crippen molar-refractivity contribution in [2.45, 2.75) is 6.43 Å². The summed E-state index contributed by atoms with van der Waals surface area (Å²) in [7, 11) is 1.37. The van der Waals surface area contributed by atoms with Crippen molar-refractivity contribution in [3.63, 3.8) is 0 Å². The van der Waals surface area contributed by atoms with E-state index in [1.807, 2.05) is 0 Å². The topological polar surface area (TPSA) is 42.0 Å².